The Bertz CT molecular complexity index is 894. The van der Waals surface area contributed by atoms with Gasteiger partial charge >= 0.3 is 0 Å². The van der Waals surface area contributed by atoms with Crippen LogP contribution in [0.4, 0.5) is 0 Å². The van der Waals surface area contributed by atoms with Gasteiger partial charge < -0.3 is 15.0 Å². The first-order valence-electron chi connectivity index (χ1n) is 9.82. The van der Waals surface area contributed by atoms with Crippen molar-refractivity contribution in [3.8, 4) is 5.75 Å². The number of amides is 2. The first kappa shape index (κ1) is 24.2. The zero-order valence-corrected chi connectivity index (χ0v) is 20.3. The summed E-state index contributed by atoms with van der Waals surface area (Å²) in [6.45, 7) is 9.41. The van der Waals surface area contributed by atoms with E-state index in [0.717, 1.165) is 21.2 Å². The van der Waals surface area contributed by atoms with Crippen LogP contribution in [0.5, 0.6) is 5.75 Å². The summed E-state index contributed by atoms with van der Waals surface area (Å²) < 4.78 is 6.66. The number of hydrogen-bond acceptors (Lipinski definition) is 3. The van der Waals surface area contributed by atoms with Gasteiger partial charge in [-0.1, -0.05) is 39.7 Å². The minimum absolute atomic E-state index is 0.0148. The van der Waals surface area contributed by atoms with E-state index in [0.29, 0.717) is 17.3 Å². The van der Waals surface area contributed by atoms with E-state index >= 15 is 0 Å². The minimum Gasteiger partial charge on any atom is -0.484 e. The molecule has 0 bridgehead atoms. The van der Waals surface area contributed by atoms with Crippen LogP contribution in [0.25, 0.3) is 0 Å². The number of nitrogens with zero attached hydrogens (tertiary/aromatic N) is 1. The predicted octanol–water partition coefficient (Wildman–Crippen LogP) is 5.04. The Morgan fingerprint density at radius 2 is 1.77 bits per heavy atom. The second-order valence-corrected chi connectivity index (χ2v) is 8.94. The molecule has 2 aromatic rings. The third-order valence-electron chi connectivity index (χ3n) is 4.61. The summed E-state index contributed by atoms with van der Waals surface area (Å²) in [4.78, 5) is 27.2. The first-order valence-corrected chi connectivity index (χ1v) is 11.0. The Labute approximate surface area is 191 Å². The molecule has 162 valence electrons. The van der Waals surface area contributed by atoms with Crippen molar-refractivity contribution in [1.29, 1.82) is 0 Å². The Balaban J connectivity index is 2.19. The third-order valence-corrected chi connectivity index (χ3v) is 5.70. The fraction of sp³-hybridized carbons (Fsp3) is 0.391. The monoisotopic (exact) mass is 494 g/mol. The molecule has 0 aromatic heterocycles. The van der Waals surface area contributed by atoms with Gasteiger partial charge in [-0.15, -0.1) is 0 Å². The number of aryl methyl sites for hydroxylation is 2. The average Bonchev–Trinajstić information content (AvgIpc) is 2.67. The van der Waals surface area contributed by atoms with E-state index in [4.69, 9.17) is 16.3 Å². The van der Waals surface area contributed by atoms with Crippen molar-refractivity contribution < 1.29 is 14.3 Å². The smallest absolute Gasteiger partial charge is 0.261 e. The number of nitrogens with one attached hydrogen (secondary N) is 1. The van der Waals surface area contributed by atoms with Gasteiger partial charge in [-0.3, -0.25) is 9.59 Å². The Morgan fingerprint density at radius 3 is 2.33 bits per heavy atom. The van der Waals surface area contributed by atoms with Crippen molar-refractivity contribution in [2.45, 2.75) is 53.2 Å². The van der Waals surface area contributed by atoms with Gasteiger partial charge in [-0.25, -0.2) is 0 Å². The van der Waals surface area contributed by atoms with Crippen LogP contribution >= 0.6 is 27.5 Å². The van der Waals surface area contributed by atoms with Crippen LogP contribution < -0.4 is 10.1 Å². The highest BCUT2D eigenvalue weighted by Gasteiger charge is 2.27. The summed E-state index contributed by atoms with van der Waals surface area (Å²) in [5.74, 6) is 0.0996. The van der Waals surface area contributed by atoms with Crippen LogP contribution in [0.1, 0.15) is 37.5 Å². The van der Waals surface area contributed by atoms with Gasteiger partial charge in [-0.05, 0) is 75.6 Å². The molecule has 2 rings (SSSR count). The maximum atomic E-state index is 13.1. The molecule has 0 aliphatic rings. The SMILES string of the molecule is Cc1cc(OCC(=O)N(Cc2cccc(Br)c2)[C@H](C)C(=O)NC(C)C)cc(C)c1Cl. The maximum Gasteiger partial charge on any atom is 0.261 e. The molecule has 0 radical (unpaired) electrons. The van der Waals surface area contributed by atoms with Gasteiger partial charge in [0.1, 0.15) is 11.8 Å². The van der Waals surface area contributed by atoms with E-state index < -0.39 is 6.04 Å². The van der Waals surface area contributed by atoms with Crippen molar-refractivity contribution in [2.24, 2.45) is 0 Å². The predicted molar refractivity (Wildman–Crippen MR) is 124 cm³/mol. The Kier molecular flexibility index (Phi) is 8.74. The van der Waals surface area contributed by atoms with Crippen molar-refractivity contribution in [3.05, 3.63) is 62.6 Å². The molecule has 5 nitrogen and oxygen atoms in total. The van der Waals surface area contributed by atoms with E-state index in [1.165, 1.54) is 4.90 Å². The highest BCUT2D eigenvalue weighted by molar-refractivity contribution is 9.10. The van der Waals surface area contributed by atoms with Crippen molar-refractivity contribution >= 4 is 39.3 Å². The highest BCUT2D eigenvalue weighted by atomic mass is 79.9. The fourth-order valence-corrected chi connectivity index (χ4v) is 3.59. The summed E-state index contributed by atoms with van der Waals surface area (Å²) in [5.41, 5.74) is 2.68. The number of benzene rings is 2. The topological polar surface area (TPSA) is 58.6 Å². The molecule has 0 saturated carbocycles. The molecule has 0 heterocycles. The van der Waals surface area contributed by atoms with Gasteiger partial charge in [0.05, 0.1) is 0 Å². The van der Waals surface area contributed by atoms with Crippen LogP contribution in [0.2, 0.25) is 5.02 Å². The Hall–Kier alpha value is -2.05. The van der Waals surface area contributed by atoms with E-state index in [-0.39, 0.29) is 24.5 Å². The highest BCUT2D eigenvalue weighted by Crippen LogP contribution is 2.26. The number of carbonyl (C=O) groups excluding carboxylic acids is 2. The molecular weight excluding hydrogens is 468 g/mol. The van der Waals surface area contributed by atoms with Crippen LogP contribution in [-0.4, -0.2) is 35.4 Å². The van der Waals surface area contributed by atoms with E-state index in [2.05, 4.69) is 21.2 Å². The average molecular weight is 496 g/mol. The maximum absolute atomic E-state index is 13.1. The quantitative estimate of drug-likeness (QED) is 0.558. The van der Waals surface area contributed by atoms with Crippen LogP contribution in [-0.2, 0) is 16.1 Å². The normalized spacial score (nSPS) is 11.9. The molecule has 1 atom stereocenters. The zero-order valence-electron chi connectivity index (χ0n) is 18.0. The molecule has 0 spiro atoms. The lowest BCUT2D eigenvalue weighted by atomic mass is 10.1. The molecule has 0 aliphatic carbocycles. The molecule has 0 saturated heterocycles. The van der Waals surface area contributed by atoms with Crippen LogP contribution in [0, 0.1) is 13.8 Å². The summed E-state index contributed by atoms with van der Waals surface area (Å²) in [5, 5.41) is 3.56. The molecule has 0 aliphatic heterocycles. The number of halogens is 2. The second-order valence-electron chi connectivity index (χ2n) is 7.65. The molecular formula is C23H28BrClN2O3. The van der Waals surface area contributed by atoms with Gasteiger partial charge in [0.25, 0.3) is 5.91 Å². The van der Waals surface area contributed by atoms with Crippen molar-refractivity contribution in [1.82, 2.24) is 10.2 Å². The standard InChI is InChI=1S/C23H28BrClN2O3/c1-14(2)26-23(29)17(5)27(12-18-7-6-8-19(24)11-18)21(28)13-30-20-9-15(3)22(25)16(4)10-20/h6-11,14,17H,12-13H2,1-5H3,(H,26,29)/t17-/m1/s1. The number of rotatable bonds is 8. The lowest BCUT2D eigenvalue weighted by Crippen LogP contribution is -2.50. The molecule has 2 amide bonds. The summed E-state index contributed by atoms with van der Waals surface area (Å²) in [7, 11) is 0. The van der Waals surface area contributed by atoms with Crippen molar-refractivity contribution in [3.63, 3.8) is 0 Å². The summed E-state index contributed by atoms with van der Waals surface area (Å²) >= 11 is 9.65. The van der Waals surface area contributed by atoms with Gasteiger partial charge in [0.2, 0.25) is 5.91 Å². The van der Waals surface area contributed by atoms with E-state index in [9.17, 15) is 9.59 Å². The van der Waals surface area contributed by atoms with Gasteiger partial charge in [0.15, 0.2) is 6.61 Å². The zero-order chi connectivity index (χ0) is 22.4. The number of carbonyl (C=O) groups is 2. The first-order chi connectivity index (χ1) is 14.1. The van der Waals surface area contributed by atoms with E-state index in [1.54, 1.807) is 19.1 Å². The lowest BCUT2D eigenvalue weighted by Gasteiger charge is -2.29. The molecule has 2 aromatic carbocycles. The van der Waals surface area contributed by atoms with Crippen molar-refractivity contribution in [2.75, 3.05) is 6.61 Å². The largest absolute Gasteiger partial charge is 0.484 e. The van der Waals surface area contributed by atoms with Gasteiger partial charge in [-0.2, -0.15) is 0 Å². The van der Waals surface area contributed by atoms with Gasteiger partial charge in [0, 0.05) is 22.1 Å². The summed E-state index contributed by atoms with van der Waals surface area (Å²) in [6, 6.07) is 10.6. The molecule has 1 N–H and O–H groups in total. The molecule has 0 unspecified atom stereocenters. The molecule has 30 heavy (non-hydrogen) atoms. The third kappa shape index (κ3) is 6.74. The molecule has 7 heteroatoms. The van der Waals surface area contributed by atoms with E-state index in [1.807, 2.05) is 52.0 Å². The lowest BCUT2D eigenvalue weighted by molar-refractivity contribution is -0.142. The Morgan fingerprint density at radius 1 is 1.13 bits per heavy atom. The molecule has 0 fully saturated rings. The minimum atomic E-state index is -0.642. The second kappa shape index (κ2) is 10.8. The number of ether oxygens (including phenoxy) is 1. The number of hydrogen-bond donors (Lipinski definition) is 1. The van der Waals surface area contributed by atoms with Crippen LogP contribution in [0.3, 0.4) is 0 Å². The van der Waals surface area contributed by atoms with Crippen LogP contribution in [0.15, 0.2) is 40.9 Å². The summed E-state index contributed by atoms with van der Waals surface area (Å²) in [6.07, 6.45) is 0. The fourth-order valence-electron chi connectivity index (χ4n) is 3.04.